The maximum Gasteiger partial charge on any atom is 0.255 e. The Balaban J connectivity index is 1.90. The SMILES string of the molecule is Cc1ccccc1NC(=O)c1cccc(N2C(=O)CCS2(=O)=O)c1. The zero-order valence-electron chi connectivity index (χ0n) is 13.0. The van der Waals surface area contributed by atoms with Crippen molar-refractivity contribution in [3.05, 3.63) is 59.7 Å². The van der Waals surface area contributed by atoms with E-state index in [1.165, 1.54) is 12.1 Å². The van der Waals surface area contributed by atoms with Crippen LogP contribution in [0.1, 0.15) is 22.3 Å². The predicted molar refractivity (Wildman–Crippen MR) is 91.5 cm³/mol. The Morgan fingerprint density at radius 2 is 1.88 bits per heavy atom. The molecule has 2 aromatic carbocycles. The summed E-state index contributed by atoms with van der Waals surface area (Å²) >= 11 is 0. The van der Waals surface area contributed by atoms with Gasteiger partial charge in [-0.3, -0.25) is 9.59 Å². The first-order valence-electron chi connectivity index (χ1n) is 7.41. The Hall–Kier alpha value is -2.67. The van der Waals surface area contributed by atoms with Gasteiger partial charge >= 0.3 is 0 Å². The van der Waals surface area contributed by atoms with E-state index >= 15 is 0 Å². The smallest absolute Gasteiger partial charge is 0.255 e. The van der Waals surface area contributed by atoms with Crippen LogP contribution < -0.4 is 9.62 Å². The van der Waals surface area contributed by atoms with Gasteiger partial charge in [-0.1, -0.05) is 24.3 Å². The van der Waals surface area contributed by atoms with Crippen LogP contribution in [0.2, 0.25) is 0 Å². The topological polar surface area (TPSA) is 83.6 Å². The number of hydrogen-bond donors (Lipinski definition) is 1. The number of rotatable bonds is 3. The molecule has 0 atom stereocenters. The van der Waals surface area contributed by atoms with Gasteiger partial charge in [0.1, 0.15) is 0 Å². The minimum Gasteiger partial charge on any atom is -0.322 e. The van der Waals surface area contributed by atoms with Crippen molar-refractivity contribution in [2.45, 2.75) is 13.3 Å². The van der Waals surface area contributed by atoms with Gasteiger partial charge in [0.05, 0.1) is 11.4 Å². The summed E-state index contributed by atoms with van der Waals surface area (Å²) in [7, 11) is -3.65. The van der Waals surface area contributed by atoms with Gasteiger partial charge in [-0.05, 0) is 36.8 Å². The van der Waals surface area contributed by atoms with Crippen molar-refractivity contribution in [1.29, 1.82) is 0 Å². The van der Waals surface area contributed by atoms with Crippen LogP contribution in [0.3, 0.4) is 0 Å². The van der Waals surface area contributed by atoms with Gasteiger partial charge < -0.3 is 5.32 Å². The fraction of sp³-hybridized carbons (Fsp3) is 0.176. The van der Waals surface area contributed by atoms with Crippen LogP contribution in [0.4, 0.5) is 11.4 Å². The first-order valence-corrected chi connectivity index (χ1v) is 9.02. The van der Waals surface area contributed by atoms with Gasteiger partial charge in [-0.25, -0.2) is 12.7 Å². The molecular weight excluding hydrogens is 328 g/mol. The summed E-state index contributed by atoms with van der Waals surface area (Å²) in [5, 5.41) is 2.78. The second kappa shape index (κ2) is 6.09. The van der Waals surface area contributed by atoms with Gasteiger partial charge in [-0.15, -0.1) is 0 Å². The van der Waals surface area contributed by atoms with Gasteiger partial charge in [-0.2, -0.15) is 0 Å². The van der Waals surface area contributed by atoms with E-state index in [4.69, 9.17) is 0 Å². The molecule has 0 spiro atoms. The number of nitrogens with one attached hydrogen (secondary N) is 1. The van der Waals surface area contributed by atoms with E-state index in [9.17, 15) is 18.0 Å². The molecule has 1 aliphatic heterocycles. The van der Waals surface area contributed by atoms with Crippen LogP contribution in [0.25, 0.3) is 0 Å². The molecule has 0 saturated carbocycles. The Bertz CT molecular complexity index is 922. The van der Waals surface area contributed by atoms with Crippen LogP contribution in [-0.4, -0.2) is 26.0 Å². The first-order chi connectivity index (χ1) is 11.4. The molecule has 24 heavy (non-hydrogen) atoms. The normalized spacial score (nSPS) is 16.2. The second-order valence-electron chi connectivity index (χ2n) is 5.54. The summed E-state index contributed by atoms with van der Waals surface area (Å²) in [4.78, 5) is 24.3. The summed E-state index contributed by atoms with van der Waals surface area (Å²) in [5.41, 5.74) is 2.07. The quantitative estimate of drug-likeness (QED) is 0.926. The van der Waals surface area contributed by atoms with Crippen LogP contribution in [0.5, 0.6) is 0 Å². The van der Waals surface area contributed by atoms with Crippen molar-refractivity contribution in [2.24, 2.45) is 0 Å². The van der Waals surface area contributed by atoms with E-state index in [-0.39, 0.29) is 29.3 Å². The molecular formula is C17H16N2O4S. The molecule has 1 aliphatic rings. The van der Waals surface area contributed by atoms with Crippen LogP contribution in [-0.2, 0) is 14.8 Å². The number of hydrogen-bond acceptors (Lipinski definition) is 4. The van der Waals surface area contributed by atoms with Crippen molar-refractivity contribution < 1.29 is 18.0 Å². The fourth-order valence-electron chi connectivity index (χ4n) is 2.55. The predicted octanol–water partition coefficient (Wildman–Crippen LogP) is 2.31. The van der Waals surface area contributed by atoms with E-state index in [0.717, 1.165) is 9.87 Å². The zero-order chi connectivity index (χ0) is 17.3. The van der Waals surface area contributed by atoms with Gasteiger partial charge in [0, 0.05) is 17.7 Å². The van der Waals surface area contributed by atoms with E-state index < -0.39 is 15.9 Å². The van der Waals surface area contributed by atoms with E-state index in [2.05, 4.69) is 5.32 Å². The van der Waals surface area contributed by atoms with Crippen LogP contribution in [0.15, 0.2) is 48.5 Å². The molecule has 2 amide bonds. The molecule has 0 aliphatic carbocycles. The lowest BCUT2D eigenvalue weighted by atomic mass is 10.1. The monoisotopic (exact) mass is 344 g/mol. The Labute approximate surface area is 140 Å². The van der Waals surface area contributed by atoms with Gasteiger partial charge in [0.2, 0.25) is 15.9 Å². The Morgan fingerprint density at radius 3 is 2.54 bits per heavy atom. The molecule has 1 saturated heterocycles. The molecule has 1 fully saturated rings. The highest BCUT2D eigenvalue weighted by atomic mass is 32.2. The highest BCUT2D eigenvalue weighted by Crippen LogP contribution is 2.26. The van der Waals surface area contributed by atoms with Gasteiger partial charge in [0.25, 0.3) is 5.91 Å². The molecule has 0 radical (unpaired) electrons. The van der Waals surface area contributed by atoms with Crippen molar-refractivity contribution in [2.75, 3.05) is 15.4 Å². The minimum atomic E-state index is -3.65. The Kier molecular flexibility index (Phi) is 4.11. The third-order valence-corrected chi connectivity index (χ3v) is 5.51. The van der Waals surface area contributed by atoms with E-state index in [0.29, 0.717) is 5.69 Å². The maximum absolute atomic E-state index is 12.4. The number of para-hydroxylation sites is 1. The Morgan fingerprint density at radius 1 is 1.12 bits per heavy atom. The van der Waals surface area contributed by atoms with E-state index in [1.807, 2.05) is 25.1 Å². The number of nitrogens with zero attached hydrogens (tertiary/aromatic N) is 1. The molecule has 7 heteroatoms. The van der Waals surface area contributed by atoms with Crippen LogP contribution >= 0.6 is 0 Å². The number of benzene rings is 2. The van der Waals surface area contributed by atoms with Crippen LogP contribution in [0, 0.1) is 6.92 Å². The molecule has 2 aromatic rings. The zero-order valence-corrected chi connectivity index (χ0v) is 13.8. The molecule has 0 bridgehead atoms. The lowest BCUT2D eigenvalue weighted by Crippen LogP contribution is -2.29. The summed E-state index contributed by atoms with van der Waals surface area (Å²) in [6.07, 6.45) is -0.0397. The molecule has 1 heterocycles. The molecule has 1 N–H and O–H groups in total. The number of aryl methyl sites for hydroxylation is 1. The average Bonchev–Trinajstić information content (AvgIpc) is 2.83. The van der Waals surface area contributed by atoms with Crippen molar-refractivity contribution in [1.82, 2.24) is 0 Å². The molecule has 3 rings (SSSR count). The lowest BCUT2D eigenvalue weighted by Gasteiger charge is -2.16. The second-order valence-corrected chi connectivity index (χ2v) is 7.48. The average molecular weight is 344 g/mol. The minimum absolute atomic E-state index is 0.0397. The van der Waals surface area contributed by atoms with Crippen molar-refractivity contribution in [3.63, 3.8) is 0 Å². The summed E-state index contributed by atoms with van der Waals surface area (Å²) in [6.45, 7) is 1.88. The van der Waals surface area contributed by atoms with E-state index in [1.54, 1.807) is 18.2 Å². The van der Waals surface area contributed by atoms with Crippen molar-refractivity contribution >= 4 is 33.2 Å². The van der Waals surface area contributed by atoms with Crippen molar-refractivity contribution in [3.8, 4) is 0 Å². The summed E-state index contributed by atoms with van der Waals surface area (Å²) < 4.78 is 24.8. The third-order valence-electron chi connectivity index (χ3n) is 3.81. The summed E-state index contributed by atoms with van der Waals surface area (Å²) in [6, 6.07) is 13.4. The molecule has 0 unspecified atom stereocenters. The highest BCUT2D eigenvalue weighted by Gasteiger charge is 2.36. The first kappa shape index (κ1) is 16.2. The number of sulfonamides is 1. The molecule has 124 valence electrons. The van der Waals surface area contributed by atoms with Gasteiger partial charge in [0.15, 0.2) is 0 Å². The number of amides is 2. The standard InChI is InChI=1S/C17H16N2O4S/c1-12-5-2-3-8-15(12)18-17(21)13-6-4-7-14(11-13)19-16(20)9-10-24(19,22)23/h2-8,11H,9-10H2,1H3,(H,18,21). The fourth-order valence-corrected chi connectivity index (χ4v) is 4.00. The summed E-state index contributed by atoms with van der Waals surface area (Å²) in [5.74, 6) is -1.05. The number of anilines is 2. The number of carbonyl (C=O) groups excluding carboxylic acids is 2. The maximum atomic E-state index is 12.4. The molecule has 6 nitrogen and oxygen atoms in total. The lowest BCUT2D eigenvalue weighted by molar-refractivity contribution is -0.116. The highest BCUT2D eigenvalue weighted by molar-refractivity contribution is 7.94. The third kappa shape index (κ3) is 3.03. The number of carbonyl (C=O) groups is 2. The molecule has 0 aromatic heterocycles. The largest absolute Gasteiger partial charge is 0.322 e.